The Hall–Kier alpha value is -2.26. The third-order valence-electron chi connectivity index (χ3n) is 3.48. The van der Waals surface area contributed by atoms with E-state index >= 15 is 0 Å². The molecule has 0 saturated heterocycles. The summed E-state index contributed by atoms with van der Waals surface area (Å²) in [6.07, 6.45) is 5.45. The second kappa shape index (κ2) is 5.80. The van der Waals surface area contributed by atoms with Gasteiger partial charge in [0.05, 0.1) is 5.52 Å². The van der Waals surface area contributed by atoms with Crippen LogP contribution < -0.4 is 5.73 Å². The van der Waals surface area contributed by atoms with Crippen molar-refractivity contribution < 1.29 is 0 Å². The average molecular weight is 263 g/mol. The molecule has 2 N–H and O–H groups in total. The van der Waals surface area contributed by atoms with Gasteiger partial charge in [0.1, 0.15) is 0 Å². The van der Waals surface area contributed by atoms with E-state index < -0.39 is 0 Å². The zero-order valence-corrected chi connectivity index (χ0v) is 11.2. The van der Waals surface area contributed by atoms with Crippen LogP contribution in [0, 0.1) is 0 Å². The molecule has 0 aliphatic heterocycles. The molecule has 0 bridgehead atoms. The van der Waals surface area contributed by atoms with Crippen molar-refractivity contribution in [3.8, 4) is 0 Å². The Morgan fingerprint density at radius 3 is 2.70 bits per heavy atom. The van der Waals surface area contributed by atoms with Gasteiger partial charge in [0.15, 0.2) is 0 Å². The maximum Gasteiger partial charge on any atom is 0.0702 e. The Bertz CT molecular complexity index is 695. The molecule has 3 rings (SSSR count). The van der Waals surface area contributed by atoms with Crippen molar-refractivity contribution in [3.63, 3.8) is 0 Å². The lowest BCUT2D eigenvalue weighted by Gasteiger charge is -2.12. The summed E-state index contributed by atoms with van der Waals surface area (Å²) in [5.74, 6) is 0. The van der Waals surface area contributed by atoms with Crippen LogP contribution in [-0.4, -0.2) is 9.97 Å². The van der Waals surface area contributed by atoms with Crippen molar-refractivity contribution in [2.75, 3.05) is 0 Å². The summed E-state index contributed by atoms with van der Waals surface area (Å²) in [6, 6.07) is 16.2. The average Bonchev–Trinajstić information content (AvgIpc) is 2.53. The van der Waals surface area contributed by atoms with Crippen molar-refractivity contribution in [1.29, 1.82) is 0 Å². The molecule has 1 atom stereocenters. The summed E-state index contributed by atoms with van der Waals surface area (Å²) < 4.78 is 0. The zero-order valence-electron chi connectivity index (χ0n) is 11.2. The fourth-order valence-electron chi connectivity index (χ4n) is 2.31. The first-order valence-corrected chi connectivity index (χ1v) is 6.83. The second-order valence-corrected chi connectivity index (χ2v) is 4.93. The summed E-state index contributed by atoms with van der Waals surface area (Å²) in [5, 5.41) is 1.14. The molecule has 1 unspecified atom stereocenters. The molecule has 0 spiro atoms. The molecule has 0 amide bonds. The zero-order chi connectivity index (χ0) is 13.8. The van der Waals surface area contributed by atoms with E-state index in [1.54, 1.807) is 0 Å². The minimum Gasteiger partial charge on any atom is -0.324 e. The molecule has 2 aromatic heterocycles. The normalized spacial score (nSPS) is 12.4. The van der Waals surface area contributed by atoms with Gasteiger partial charge in [-0.25, -0.2) is 0 Å². The van der Waals surface area contributed by atoms with Crippen LogP contribution in [0.3, 0.4) is 0 Å². The van der Waals surface area contributed by atoms with Crippen molar-refractivity contribution in [1.82, 2.24) is 9.97 Å². The minimum atomic E-state index is -0.00545. The van der Waals surface area contributed by atoms with Crippen LogP contribution in [0.2, 0.25) is 0 Å². The summed E-state index contributed by atoms with van der Waals surface area (Å²) in [6.45, 7) is 0. The van der Waals surface area contributed by atoms with Gasteiger partial charge in [0.25, 0.3) is 0 Å². The molecule has 2 heterocycles. The molecule has 100 valence electrons. The molecule has 0 aliphatic carbocycles. The molecule has 0 fully saturated rings. The van der Waals surface area contributed by atoms with Gasteiger partial charge in [0, 0.05) is 29.5 Å². The fourth-order valence-corrected chi connectivity index (χ4v) is 2.31. The molecule has 3 aromatic rings. The van der Waals surface area contributed by atoms with E-state index in [9.17, 15) is 0 Å². The number of para-hydroxylation sites is 1. The lowest BCUT2D eigenvalue weighted by Crippen LogP contribution is -2.12. The molecule has 1 aromatic carbocycles. The lowest BCUT2D eigenvalue weighted by molar-refractivity contribution is 0.643. The van der Waals surface area contributed by atoms with Crippen molar-refractivity contribution in [2.45, 2.75) is 18.9 Å². The number of hydrogen-bond acceptors (Lipinski definition) is 3. The van der Waals surface area contributed by atoms with Gasteiger partial charge in [-0.2, -0.15) is 0 Å². The molecule has 0 radical (unpaired) electrons. The van der Waals surface area contributed by atoms with Crippen molar-refractivity contribution in [3.05, 3.63) is 72.2 Å². The molecular formula is C17H17N3. The number of fused-ring (bicyclic) bond motifs is 1. The van der Waals surface area contributed by atoms with Crippen LogP contribution in [0.1, 0.15) is 23.7 Å². The van der Waals surface area contributed by atoms with Crippen LogP contribution in [0.4, 0.5) is 0 Å². The molecule has 0 aliphatic rings. The largest absolute Gasteiger partial charge is 0.324 e. The number of aryl methyl sites for hydroxylation is 1. The number of aromatic nitrogens is 2. The second-order valence-electron chi connectivity index (χ2n) is 4.93. The highest BCUT2D eigenvalue weighted by Gasteiger charge is 2.08. The number of nitrogens with two attached hydrogens (primary N) is 1. The quantitative estimate of drug-likeness (QED) is 0.786. The molecular weight excluding hydrogens is 246 g/mol. The minimum absolute atomic E-state index is 0.00545. The highest BCUT2D eigenvalue weighted by Crippen LogP contribution is 2.19. The van der Waals surface area contributed by atoms with E-state index in [4.69, 9.17) is 5.73 Å². The van der Waals surface area contributed by atoms with E-state index in [-0.39, 0.29) is 6.04 Å². The fraction of sp³-hybridized carbons (Fsp3) is 0.176. The van der Waals surface area contributed by atoms with Crippen LogP contribution in [-0.2, 0) is 6.42 Å². The van der Waals surface area contributed by atoms with E-state index in [2.05, 4.69) is 22.1 Å². The smallest absolute Gasteiger partial charge is 0.0702 e. The maximum atomic E-state index is 6.27. The highest BCUT2D eigenvalue weighted by molar-refractivity contribution is 5.78. The molecule has 3 heteroatoms. The Morgan fingerprint density at radius 1 is 1.00 bits per heavy atom. The Labute approximate surface area is 118 Å². The first-order valence-electron chi connectivity index (χ1n) is 6.83. The topological polar surface area (TPSA) is 51.8 Å². The van der Waals surface area contributed by atoms with Gasteiger partial charge in [-0.05, 0) is 42.7 Å². The first-order chi connectivity index (χ1) is 9.83. The third-order valence-corrected chi connectivity index (χ3v) is 3.48. The predicted octanol–water partition coefficient (Wildman–Crippen LogP) is 3.26. The van der Waals surface area contributed by atoms with Crippen LogP contribution in [0.5, 0.6) is 0 Å². The summed E-state index contributed by atoms with van der Waals surface area (Å²) in [4.78, 5) is 8.78. The predicted molar refractivity (Wildman–Crippen MR) is 81.2 cm³/mol. The highest BCUT2D eigenvalue weighted by atomic mass is 14.7. The molecule has 3 nitrogen and oxygen atoms in total. The number of nitrogens with zero attached hydrogens (tertiary/aromatic N) is 2. The Morgan fingerprint density at radius 2 is 1.85 bits per heavy atom. The van der Waals surface area contributed by atoms with Crippen LogP contribution in [0.15, 0.2) is 60.9 Å². The maximum absolute atomic E-state index is 6.27. The van der Waals surface area contributed by atoms with Gasteiger partial charge < -0.3 is 5.73 Å². The number of benzene rings is 1. The number of pyridine rings is 2. The summed E-state index contributed by atoms with van der Waals surface area (Å²) in [5.41, 5.74) is 9.44. The van der Waals surface area contributed by atoms with E-state index in [0.717, 1.165) is 35.0 Å². The van der Waals surface area contributed by atoms with Gasteiger partial charge in [-0.1, -0.05) is 24.3 Å². The van der Waals surface area contributed by atoms with E-state index in [1.807, 2.05) is 48.8 Å². The van der Waals surface area contributed by atoms with Crippen LogP contribution >= 0.6 is 0 Å². The Kier molecular flexibility index (Phi) is 3.70. The summed E-state index contributed by atoms with van der Waals surface area (Å²) in [7, 11) is 0. The molecule has 0 saturated carbocycles. The molecule has 20 heavy (non-hydrogen) atoms. The standard InChI is InChI=1S/C17H17N3/c18-16(9-8-15-6-3-4-10-19-15)14-11-13-5-1-2-7-17(13)20-12-14/h1-7,10-12,16H,8-9,18H2. The van der Waals surface area contributed by atoms with Gasteiger partial charge in [-0.3, -0.25) is 9.97 Å². The Balaban J connectivity index is 1.73. The van der Waals surface area contributed by atoms with Gasteiger partial charge >= 0.3 is 0 Å². The van der Waals surface area contributed by atoms with Crippen molar-refractivity contribution >= 4 is 10.9 Å². The SMILES string of the molecule is NC(CCc1ccccn1)c1cnc2ccccc2c1. The lowest BCUT2D eigenvalue weighted by atomic mass is 10.0. The number of rotatable bonds is 4. The third kappa shape index (κ3) is 2.83. The monoisotopic (exact) mass is 263 g/mol. The van der Waals surface area contributed by atoms with Crippen LogP contribution in [0.25, 0.3) is 10.9 Å². The van der Waals surface area contributed by atoms with Crippen molar-refractivity contribution in [2.24, 2.45) is 5.73 Å². The van der Waals surface area contributed by atoms with E-state index in [0.29, 0.717) is 0 Å². The van der Waals surface area contributed by atoms with Gasteiger partial charge in [-0.15, -0.1) is 0 Å². The van der Waals surface area contributed by atoms with Gasteiger partial charge in [0.2, 0.25) is 0 Å². The summed E-state index contributed by atoms with van der Waals surface area (Å²) >= 11 is 0. The first kappa shape index (κ1) is 12.8. The van der Waals surface area contributed by atoms with E-state index in [1.165, 1.54) is 0 Å². The number of hydrogen-bond donors (Lipinski definition) is 1.